The molecule has 76 valence electrons. The van der Waals surface area contributed by atoms with Crippen molar-refractivity contribution in [2.24, 2.45) is 5.92 Å². The molecule has 0 spiro atoms. The summed E-state index contributed by atoms with van der Waals surface area (Å²) >= 11 is 0. The lowest BCUT2D eigenvalue weighted by atomic mass is 10.0. The molecule has 0 bridgehead atoms. The van der Waals surface area contributed by atoms with Crippen LogP contribution in [0.5, 0.6) is 0 Å². The van der Waals surface area contributed by atoms with Gasteiger partial charge in [-0.2, -0.15) is 0 Å². The molecule has 0 saturated carbocycles. The van der Waals surface area contributed by atoms with Crippen molar-refractivity contribution in [2.75, 3.05) is 13.2 Å². The van der Waals surface area contributed by atoms with E-state index in [1.54, 1.807) is 0 Å². The number of hydrogen-bond donors (Lipinski definition) is 0. The van der Waals surface area contributed by atoms with Crippen LogP contribution in [0.2, 0.25) is 0 Å². The van der Waals surface area contributed by atoms with Gasteiger partial charge in [0.2, 0.25) is 0 Å². The van der Waals surface area contributed by atoms with E-state index < -0.39 is 0 Å². The largest absolute Gasteiger partial charge is 0.378 e. The van der Waals surface area contributed by atoms with Gasteiger partial charge in [0, 0.05) is 6.61 Å². The van der Waals surface area contributed by atoms with Crippen molar-refractivity contribution in [3.05, 3.63) is 24.3 Å². The topological polar surface area (TPSA) is 9.23 Å². The molecule has 1 heteroatoms. The molecule has 0 rings (SSSR count). The van der Waals surface area contributed by atoms with Crippen molar-refractivity contribution in [2.45, 2.75) is 33.6 Å². The van der Waals surface area contributed by atoms with Gasteiger partial charge in [-0.05, 0) is 32.6 Å². The van der Waals surface area contributed by atoms with Crippen LogP contribution in [-0.2, 0) is 4.74 Å². The molecule has 0 saturated heterocycles. The Morgan fingerprint density at radius 2 is 2.23 bits per heavy atom. The van der Waals surface area contributed by atoms with Gasteiger partial charge < -0.3 is 4.74 Å². The quantitative estimate of drug-likeness (QED) is 0.432. The number of ether oxygens (including phenoxy) is 1. The van der Waals surface area contributed by atoms with Crippen molar-refractivity contribution in [3.8, 4) is 0 Å². The first-order valence-corrected chi connectivity index (χ1v) is 5.06. The Kier molecular flexibility index (Phi) is 7.71. The SMILES string of the molecule is C=CC(C)CC/C(C)=C/COCC. The maximum Gasteiger partial charge on any atom is 0.0649 e. The predicted molar refractivity (Wildman–Crippen MR) is 58.8 cm³/mol. The van der Waals surface area contributed by atoms with E-state index in [-0.39, 0.29) is 0 Å². The summed E-state index contributed by atoms with van der Waals surface area (Å²) in [5, 5.41) is 0. The molecule has 13 heavy (non-hydrogen) atoms. The van der Waals surface area contributed by atoms with E-state index in [9.17, 15) is 0 Å². The molecule has 0 aliphatic carbocycles. The van der Waals surface area contributed by atoms with Gasteiger partial charge in [-0.25, -0.2) is 0 Å². The van der Waals surface area contributed by atoms with Gasteiger partial charge in [0.1, 0.15) is 0 Å². The Labute approximate surface area is 82.5 Å². The molecule has 0 radical (unpaired) electrons. The van der Waals surface area contributed by atoms with Crippen LogP contribution in [0.4, 0.5) is 0 Å². The van der Waals surface area contributed by atoms with Gasteiger partial charge in [0.15, 0.2) is 0 Å². The van der Waals surface area contributed by atoms with Crippen molar-refractivity contribution in [1.29, 1.82) is 0 Å². The monoisotopic (exact) mass is 182 g/mol. The lowest BCUT2D eigenvalue weighted by Crippen LogP contribution is -1.93. The van der Waals surface area contributed by atoms with Gasteiger partial charge in [-0.15, -0.1) is 6.58 Å². The Balaban J connectivity index is 3.54. The van der Waals surface area contributed by atoms with E-state index in [2.05, 4.69) is 26.5 Å². The highest BCUT2D eigenvalue weighted by atomic mass is 16.5. The molecule has 0 aromatic carbocycles. The highest BCUT2D eigenvalue weighted by Crippen LogP contribution is 2.11. The van der Waals surface area contributed by atoms with Crippen molar-refractivity contribution < 1.29 is 4.74 Å². The van der Waals surface area contributed by atoms with Crippen LogP contribution >= 0.6 is 0 Å². The molecule has 1 nitrogen and oxygen atoms in total. The van der Waals surface area contributed by atoms with E-state index in [0.29, 0.717) is 5.92 Å². The summed E-state index contributed by atoms with van der Waals surface area (Å²) in [6.07, 6.45) is 6.52. The van der Waals surface area contributed by atoms with E-state index in [1.807, 2.05) is 13.0 Å². The molecule has 0 N–H and O–H groups in total. The van der Waals surface area contributed by atoms with Crippen LogP contribution in [0, 0.1) is 5.92 Å². The number of rotatable bonds is 7. The van der Waals surface area contributed by atoms with Gasteiger partial charge in [-0.3, -0.25) is 0 Å². The summed E-state index contributed by atoms with van der Waals surface area (Å²) in [4.78, 5) is 0. The number of allylic oxidation sites excluding steroid dienone is 2. The third-order valence-corrected chi connectivity index (χ3v) is 2.15. The Morgan fingerprint density at radius 1 is 1.54 bits per heavy atom. The molecule has 0 aromatic rings. The molecular formula is C12H22O. The summed E-state index contributed by atoms with van der Waals surface area (Å²) in [6.45, 7) is 11.7. The molecule has 0 fully saturated rings. The summed E-state index contributed by atoms with van der Waals surface area (Å²) < 4.78 is 5.24. The average Bonchev–Trinajstić information content (AvgIpc) is 2.14. The predicted octanol–water partition coefficient (Wildman–Crippen LogP) is 3.57. The highest BCUT2D eigenvalue weighted by molar-refractivity contribution is 4.98. The van der Waals surface area contributed by atoms with E-state index in [1.165, 1.54) is 12.0 Å². The van der Waals surface area contributed by atoms with E-state index in [4.69, 9.17) is 4.74 Å². The van der Waals surface area contributed by atoms with Gasteiger partial charge >= 0.3 is 0 Å². The van der Waals surface area contributed by atoms with Gasteiger partial charge in [-0.1, -0.05) is 24.6 Å². The molecular weight excluding hydrogens is 160 g/mol. The zero-order valence-corrected chi connectivity index (χ0v) is 9.18. The van der Waals surface area contributed by atoms with Crippen LogP contribution in [0.25, 0.3) is 0 Å². The minimum absolute atomic E-state index is 0.621. The molecule has 0 aliphatic heterocycles. The molecule has 0 aromatic heterocycles. The normalized spacial score (nSPS) is 14.2. The molecule has 0 aliphatic rings. The second kappa shape index (κ2) is 8.06. The molecule has 1 atom stereocenters. The number of hydrogen-bond acceptors (Lipinski definition) is 1. The summed E-state index contributed by atoms with van der Waals surface area (Å²) in [6, 6.07) is 0. The van der Waals surface area contributed by atoms with E-state index >= 15 is 0 Å². The summed E-state index contributed by atoms with van der Waals surface area (Å²) in [5.41, 5.74) is 1.42. The Bertz CT molecular complexity index is 159. The van der Waals surface area contributed by atoms with Crippen molar-refractivity contribution in [3.63, 3.8) is 0 Å². The molecule has 0 heterocycles. The molecule has 1 unspecified atom stereocenters. The summed E-state index contributed by atoms with van der Waals surface area (Å²) in [7, 11) is 0. The maximum atomic E-state index is 5.24. The zero-order chi connectivity index (χ0) is 10.1. The fraction of sp³-hybridized carbons (Fsp3) is 0.667. The lowest BCUT2D eigenvalue weighted by Gasteiger charge is -2.05. The highest BCUT2D eigenvalue weighted by Gasteiger charge is 1.96. The van der Waals surface area contributed by atoms with Crippen LogP contribution in [-0.4, -0.2) is 13.2 Å². The third-order valence-electron chi connectivity index (χ3n) is 2.15. The summed E-state index contributed by atoms with van der Waals surface area (Å²) in [5.74, 6) is 0.621. The van der Waals surface area contributed by atoms with Crippen molar-refractivity contribution in [1.82, 2.24) is 0 Å². The first kappa shape index (κ1) is 12.4. The third kappa shape index (κ3) is 7.79. The molecule has 0 amide bonds. The fourth-order valence-electron chi connectivity index (χ4n) is 0.994. The smallest absolute Gasteiger partial charge is 0.0649 e. The lowest BCUT2D eigenvalue weighted by molar-refractivity contribution is 0.177. The van der Waals surface area contributed by atoms with Crippen LogP contribution in [0.1, 0.15) is 33.6 Å². The van der Waals surface area contributed by atoms with Crippen LogP contribution in [0.3, 0.4) is 0 Å². The second-order valence-corrected chi connectivity index (χ2v) is 3.46. The van der Waals surface area contributed by atoms with Crippen LogP contribution < -0.4 is 0 Å². The first-order valence-electron chi connectivity index (χ1n) is 5.06. The average molecular weight is 182 g/mol. The Hall–Kier alpha value is -0.560. The van der Waals surface area contributed by atoms with Crippen LogP contribution in [0.15, 0.2) is 24.3 Å². The minimum atomic E-state index is 0.621. The fourth-order valence-corrected chi connectivity index (χ4v) is 0.994. The van der Waals surface area contributed by atoms with Gasteiger partial charge in [0.05, 0.1) is 6.61 Å². The zero-order valence-electron chi connectivity index (χ0n) is 9.18. The van der Waals surface area contributed by atoms with Gasteiger partial charge in [0.25, 0.3) is 0 Å². The van der Waals surface area contributed by atoms with E-state index in [0.717, 1.165) is 19.6 Å². The van der Waals surface area contributed by atoms with Crippen molar-refractivity contribution >= 4 is 0 Å². The Morgan fingerprint density at radius 3 is 2.77 bits per heavy atom. The first-order chi connectivity index (χ1) is 6.20. The minimum Gasteiger partial charge on any atom is -0.378 e. The second-order valence-electron chi connectivity index (χ2n) is 3.46. The maximum absolute atomic E-state index is 5.24. The standard InChI is InChI=1S/C12H22O/c1-5-11(3)7-8-12(4)9-10-13-6-2/h5,9,11H,1,6-8,10H2,2-4H3/b12-9+.